The molecule has 1 aromatic rings. The van der Waals surface area contributed by atoms with Crippen LogP contribution in [0, 0.1) is 11.8 Å². The highest BCUT2D eigenvalue weighted by Crippen LogP contribution is 2.12. The van der Waals surface area contributed by atoms with Crippen LogP contribution in [0.5, 0.6) is 0 Å². The molecule has 0 atom stereocenters. The van der Waals surface area contributed by atoms with Gasteiger partial charge in [-0.2, -0.15) is 0 Å². The summed E-state index contributed by atoms with van der Waals surface area (Å²) >= 11 is 3.32. The molecule has 1 rings (SSSR count). The molecule has 0 aliphatic carbocycles. The van der Waals surface area contributed by atoms with Crippen molar-refractivity contribution < 1.29 is 5.11 Å². The molecule has 1 N–H and O–H groups in total. The first-order chi connectivity index (χ1) is 5.99. The summed E-state index contributed by atoms with van der Waals surface area (Å²) in [6.07, 6.45) is 1.67. The minimum atomic E-state index is -0.975. The molecule has 0 amide bonds. The summed E-state index contributed by atoms with van der Waals surface area (Å²) in [5, 5.41) is 9.35. The first kappa shape index (κ1) is 10.2. The molecule has 1 heterocycles. The van der Waals surface area contributed by atoms with Crippen molar-refractivity contribution in [1.82, 2.24) is 4.98 Å². The molecule has 0 aromatic carbocycles. The van der Waals surface area contributed by atoms with E-state index in [2.05, 4.69) is 32.8 Å². The first-order valence-corrected chi connectivity index (χ1v) is 4.64. The summed E-state index contributed by atoms with van der Waals surface area (Å²) in [6, 6.07) is 3.68. The Morgan fingerprint density at radius 1 is 1.54 bits per heavy atom. The van der Waals surface area contributed by atoms with E-state index in [0.29, 0.717) is 5.69 Å². The van der Waals surface area contributed by atoms with Gasteiger partial charge in [-0.05, 0) is 47.8 Å². The molecule has 0 aliphatic heterocycles. The van der Waals surface area contributed by atoms with Crippen molar-refractivity contribution in [2.75, 3.05) is 0 Å². The number of hydrogen-bond acceptors (Lipinski definition) is 2. The molecule has 13 heavy (non-hydrogen) atoms. The predicted octanol–water partition coefficient (Wildman–Crippen LogP) is 1.97. The van der Waals surface area contributed by atoms with Gasteiger partial charge in [-0.1, -0.05) is 5.92 Å². The second-order valence-electron chi connectivity index (χ2n) is 3.14. The summed E-state index contributed by atoms with van der Waals surface area (Å²) < 4.78 is 0.840. The average Bonchev–Trinajstić information content (AvgIpc) is 2.01. The molecule has 68 valence electrons. The van der Waals surface area contributed by atoms with Gasteiger partial charge in [0.15, 0.2) is 0 Å². The van der Waals surface area contributed by atoms with Crippen LogP contribution in [0.1, 0.15) is 19.5 Å². The highest BCUT2D eigenvalue weighted by molar-refractivity contribution is 9.10. The minimum absolute atomic E-state index is 0.643. The van der Waals surface area contributed by atoms with Crippen molar-refractivity contribution in [3.05, 3.63) is 28.5 Å². The maximum Gasteiger partial charge on any atom is 0.127 e. The monoisotopic (exact) mass is 239 g/mol. The van der Waals surface area contributed by atoms with Gasteiger partial charge in [0.25, 0.3) is 0 Å². The summed E-state index contributed by atoms with van der Waals surface area (Å²) in [4.78, 5) is 4.05. The Hall–Kier alpha value is -0.850. The molecule has 0 aliphatic rings. The van der Waals surface area contributed by atoms with E-state index < -0.39 is 5.60 Å². The van der Waals surface area contributed by atoms with Gasteiger partial charge in [0, 0.05) is 6.20 Å². The van der Waals surface area contributed by atoms with Crippen LogP contribution in [-0.4, -0.2) is 15.7 Å². The highest BCUT2D eigenvalue weighted by atomic mass is 79.9. The third-order valence-electron chi connectivity index (χ3n) is 1.25. The number of halogens is 1. The smallest absolute Gasteiger partial charge is 0.127 e. The Morgan fingerprint density at radius 3 is 2.77 bits per heavy atom. The van der Waals surface area contributed by atoms with Crippen molar-refractivity contribution in [1.29, 1.82) is 0 Å². The molecule has 0 bridgehead atoms. The quantitative estimate of drug-likeness (QED) is 0.703. The molecule has 0 radical (unpaired) electrons. The number of aliphatic hydroxyl groups is 1. The van der Waals surface area contributed by atoms with Gasteiger partial charge in [0.1, 0.15) is 11.3 Å². The summed E-state index contributed by atoms with van der Waals surface area (Å²) in [5.41, 5.74) is -0.332. The van der Waals surface area contributed by atoms with Crippen molar-refractivity contribution in [2.45, 2.75) is 19.4 Å². The minimum Gasteiger partial charge on any atom is -0.378 e. The van der Waals surface area contributed by atoms with Crippen LogP contribution in [0.15, 0.2) is 22.8 Å². The zero-order valence-corrected chi connectivity index (χ0v) is 9.09. The fourth-order valence-electron chi connectivity index (χ4n) is 0.690. The van der Waals surface area contributed by atoms with Gasteiger partial charge < -0.3 is 5.11 Å². The van der Waals surface area contributed by atoms with Gasteiger partial charge in [0.2, 0.25) is 0 Å². The normalized spacial score (nSPS) is 10.5. The number of pyridine rings is 1. The van der Waals surface area contributed by atoms with Gasteiger partial charge in [0.05, 0.1) is 4.47 Å². The van der Waals surface area contributed by atoms with E-state index in [-0.39, 0.29) is 0 Å². The number of aromatic nitrogens is 1. The maximum absolute atomic E-state index is 9.35. The van der Waals surface area contributed by atoms with E-state index in [9.17, 15) is 5.11 Å². The number of nitrogens with zero attached hydrogens (tertiary/aromatic N) is 1. The lowest BCUT2D eigenvalue weighted by Gasteiger charge is -2.05. The molecule has 2 nitrogen and oxygen atoms in total. The first-order valence-electron chi connectivity index (χ1n) is 3.85. The van der Waals surface area contributed by atoms with Crippen molar-refractivity contribution in [2.24, 2.45) is 0 Å². The van der Waals surface area contributed by atoms with E-state index in [1.54, 1.807) is 20.0 Å². The lowest BCUT2D eigenvalue weighted by Crippen LogP contribution is -2.14. The Morgan fingerprint density at radius 2 is 2.23 bits per heavy atom. The van der Waals surface area contributed by atoms with Crippen molar-refractivity contribution in [3.8, 4) is 11.8 Å². The average molecular weight is 240 g/mol. The molecular weight excluding hydrogens is 230 g/mol. The van der Waals surface area contributed by atoms with Crippen LogP contribution >= 0.6 is 15.9 Å². The zero-order chi connectivity index (χ0) is 9.90. The molecular formula is C10H10BrNO. The predicted molar refractivity (Wildman–Crippen MR) is 55.1 cm³/mol. The fourth-order valence-corrected chi connectivity index (χ4v) is 1.04. The van der Waals surface area contributed by atoms with Crippen LogP contribution in [0.4, 0.5) is 0 Å². The Labute approximate surface area is 86.1 Å². The summed E-state index contributed by atoms with van der Waals surface area (Å²) in [5.74, 6) is 5.49. The van der Waals surface area contributed by atoms with Crippen LogP contribution in [0.2, 0.25) is 0 Å². The van der Waals surface area contributed by atoms with Crippen LogP contribution < -0.4 is 0 Å². The molecule has 0 saturated carbocycles. The lowest BCUT2D eigenvalue weighted by atomic mass is 10.1. The van der Waals surface area contributed by atoms with Gasteiger partial charge in [-0.25, -0.2) is 4.98 Å². The van der Waals surface area contributed by atoms with E-state index in [1.165, 1.54) is 0 Å². The molecule has 0 spiro atoms. The van der Waals surface area contributed by atoms with Crippen molar-refractivity contribution in [3.63, 3.8) is 0 Å². The largest absolute Gasteiger partial charge is 0.378 e. The standard InChI is InChI=1S/C10H10BrNO/c1-10(2,13)6-5-9-8(11)4-3-7-12-9/h3-4,7,13H,1-2H3. The molecule has 1 aromatic heterocycles. The molecule has 0 unspecified atom stereocenters. The van der Waals surface area contributed by atoms with Crippen molar-refractivity contribution >= 4 is 15.9 Å². The van der Waals surface area contributed by atoms with Gasteiger partial charge in [-0.3, -0.25) is 0 Å². The van der Waals surface area contributed by atoms with E-state index in [0.717, 1.165) is 4.47 Å². The summed E-state index contributed by atoms with van der Waals surface area (Å²) in [6.45, 7) is 3.27. The number of hydrogen-bond donors (Lipinski definition) is 1. The Bertz CT molecular complexity index is 357. The van der Waals surface area contributed by atoms with Crippen LogP contribution in [0.25, 0.3) is 0 Å². The topological polar surface area (TPSA) is 33.1 Å². The Kier molecular flexibility index (Phi) is 3.07. The van der Waals surface area contributed by atoms with E-state index in [4.69, 9.17) is 0 Å². The van der Waals surface area contributed by atoms with Gasteiger partial charge in [-0.15, -0.1) is 0 Å². The highest BCUT2D eigenvalue weighted by Gasteiger charge is 2.06. The lowest BCUT2D eigenvalue weighted by molar-refractivity contribution is 0.143. The molecule has 0 fully saturated rings. The second kappa shape index (κ2) is 3.91. The van der Waals surface area contributed by atoms with E-state index in [1.807, 2.05) is 12.1 Å². The molecule has 0 saturated heterocycles. The third-order valence-corrected chi connectivity index (χ3v) is 1.89. The number of rotatable bonds is 0. The molecule has 3 heteroatoms. The van der Waals surface area contributed by atoms with Gasteiger partial charge >= 0.3 is 0 Å². The maximum atomic E-state index is 9.35. The Balaban J connectivity index is 2.97. The van der Waals surface area contributed by atoms with Crippen LogP contribution in [0.3, 0.4) is 0 Å². The second-order valence-corrected chi connectivity index (χ2v) is 4.00. The fraction of sp³-hybridized carbons (Fsp3) is 0.300. The zero-order valence-electron chi connectivity index (χ0n) is 7.50. The van der Waals surface area contributed by atoms with Crippen LogP contribution in [-0.2, 0) is 0 Å². The summed E-state index contributed by atoms with van der Waals surface area (Å²) in [7, 11) is 0. The van der Waals surface area contributed by atoms with E-state index >= 15 is 0 Å². The third kappa shape index (κ3) is 3.58. The SMILES string of the molecule is CC(C)(O)C#Cc1ncccc1Br.